The summed E-state index contributed by atoms with van der Waals surface area (Å²) < 4.78 is 1.69. The molecule has 0 aromatic carbocycles. The first-order valence-electron chi connectivity index (χ1n) is 5.65. The van der Waals surface area contributed by atoms with E-state index in [1.54, 1.807) is 31.8 Å². The Kier molecular flexibility index (Phi) is 3.10. The molecule has 0 aliphatic rings. The number of aromatic nitrogens is 4. The van der Waals surface area contributed by atoms with Crippen molar-refractivity contribution in [1.29, 1.82) is 0 Å². The molecule has 94 valence electrons. The molecule has 6 nitrogen and oxygen atoms in total. The number of hydrogen-bond donors (Lipinski definition) is 1. The highest BCUT2D eigenvalue weighted by molar-refractivity contribution is 6.00. The van der Waals surface area contributed by atoms with E-state index < -0.39 is 0 Å². The minimum absolute atomic E-state index is 0.0241. The van der Waals surface area contributed by atoms with Crippen LogP contribution in [-0.4, -0.2) is 31.8 Å². The Balaban J connectivity index is 2.65. The predicted molar refractivity (Wildman–Crippen MR) is 65.5 cm³/mol. The van der Waals surface area contributed by atoms with E-state index in [4.69, 9.17) is 0 Å². The van der Waals surface area contributed by atoms with Gasteiger partial charge in [0.15, 0.2) is 17.9 Å². The topological polar surface area (TPSA) is 80.6 Å². The monoisotopic (exact) mass is 246 g/mol. The van der Waals surface area contributed by atoms with E-state index in [0.29, 0.717) is 34.8 Å². The van der Waals surface area contributed by atoms with Crippen LogP contribution in [0.2, 0.25) is 0 Å². The molecule has 0 amide bonds. The summed E-state index contributed by atoms with van der Waals surface area (Å²) in [6.45, 7) is 3.54. The fourth-order valence-corrected chi connectivity index (χ4v) is 1.90. The Morgan fingerprint density at radius 1 is 1.56 bits per heavy atom. The van der Waals surface area contributed by atoms with Crippen LogP contribution in [0, 0.1) is 6.92 Å². The highest BCUT2D eigenvalue weighted by atomic mass is 16.1. The maximum absolute atomic E-state index is 11.8. The molecule has 2 rings (SSSR count). The van der Waals surface area contributed by atoms with Gasteiger partial charge in [-0.15, -0.1) is 10.2 Å². The van der Waals surface area contributed by atoms with Crippen molar-refractivity contribution in [2.75, 3.05) is 0 Å². The first-order valence-corrected chi connectivity index (χ1v) is 5.65. The molecule has 0 aliphatic carbocycles. The van der Waals surface area contributed by atoms with Crippen LogP contribution >= 0.6 is 0 Å². The average Bonchev–Trinajstić information content (AvgIpc) is 2.91. The van der Waals surface area contributed by atoms with Gasteiger partial charge in [0, 0.05) is 19.0 Å². The number of Topliss-reactive ketones (excluding diaryl/α,β-unsaturated/α-hetero) is 1. The van der Waals surface area contributed by atoms with E-state index in [-0.39, 0.29) is 5.78 Å². The highest BCUT2D eigenvalue weighted by Gasteiger charge is 2.21. The summed E-state index contributed by atoms with van der Waals surface area (Å²) in [7, 11) is 1.78. The fraction of sp³-hybridized carbons (Fsp3) is 0.333. The number of aryl methyl sites for hydroxylation is 1. The molecular formula is C12H14N4O2. The summed E-state index contributed by atoms with van der Waals surface area (Å²) >= 11 is 0. The normalized spacial score (nSPS) is 10.6. The number of ketones is 1. The second-order valence-corrected chi connectivity index (χ2v) is 4.07. The lowest BCUT2D eigenvalue weighted by Crippen LogP contribution is -1.99. The van der Waals surface area contributed by atoms with Crippen LogP contribution in [0.1, 0.15) is 39.8 Å². The van der Waals surface area contributed by atoms with Crippen molar-refractivity contribution >= 4 is 12.1 Å². The number of aromatic amines is 1. The molecule has 0 bridgehead atoms. The molecule has 2 aromatic heterocycles. The van der Waals surface area contributed by atoms with Gasteiger partial charge >= 0.3 is 0 Å². The number of H-pyrrole nitrogens is 1. The van der Waals surface area contributed by atoms with Crippen LogP contribution in [0.15, 0.2) is 6.33 Å². The van der Waals surface area contributed by atoms with Crippen molar-refractivity contribution in [3.8, 4) is 11.5 Å². The summed E-state index contributed by atoms with van der Waals surface area (Å²) in [5, 5.41) is 7.72. The average molecular weight is 246 g/mol. The first kappa shape index (κ1) is 12.2. The van der Waals surface area contributed by atoms with Gasteiger partial charge in [0.25, 0.3) is 0 Å². The lowest BCUT2D eigenvalue weighted by atomic mass is 10.1. The van der Waals surface area contributed by atoms with E-state index in [9.17, 15) is 9.59 Å². The van der Waals surface area contributed by atoms with Gasteiger partial charge in [-0.2, -0.15) is 0 Å². The SMILES string of the molecule is CCC(=O)c1[nH]c(-c2nncn2C)c(C=O)c1C. The predicted octanol–water partition coefficient (Wildman–Crippen LogP) is 1.52. The van der Waals surface area contributed by atoms with Gasteiger partial charge in [0.1, 0.15) is 6.33 Å². The summed E-state index contributed by atoms with van der Waals surface area (Å²) in [6.07, 6.45) is 2.67. The van der Waals surface area contributed by atoms with Crippen LogP contribution in [0.5, 0.6) is 0 Å². The number of rotatable bonds is 4. The Hall–Kier alpha value is -2.24. The minimum Gasteiger partial charge on any atom is -0.349 e. The third kappa shape index (κ3) is 1.75. The largest absolute Gasteiger partial charge is 0.349 e. The number of carbonyl (C=O) groups excluding carboxylic acids is 2. The smallest absolute Gasteiger partial charge is 0.180 e. The zero-order chi connectivity index (χ0) is 13.3. The summed E-state index contributed by atoms with van der Waals surface area (Å²) in [4.78, 5) is 26.0. The van der Waals surface area contributed by atoms with Gasteiger partial charge in [-0.25, -0.2) is 0 Å². The van der Waals surface area contributed by atoms with Crippen molar-refractivity contribution in [2.24, 2.45) is 7.05 Å². The Morgan fingerprint density at radius 2 is 2.28 bits per heavy atom. The molecule has 2 aromatic rings. The molecule has 0 aliphatic heterocycles. The third-order valence-electron chi connectivity index (χ3n) is 2.95. The fourth-order valence-electron chi connectivity index (χ4n) is 1.90. The maximum Gasteiger partial charge on any atom is 0.180 e. The molecular weight excluding hydrogens is 232 g/mol. The van der Waals surface area contributed by atoms with Gasteiger partial charge in [-0.05, 0) is 12.5 Å². The molecule has 0 saturated heterocycles. The van der Waals surface area contributed by atoms with Gasteiger partial charge < -0.3 is 9.55 Å². The standard InChI is InChI=1S/C12H14N4O2/c1-4-9(18)10-7(2)8(5-17)11(14-10)12-15-13-6-16(12)3/h5-6,14H,4H2,1-3H3. The van der Waals surface area contributed by atoms with E-state index >= 15 is 0 Å². The molecule has 0 radical (unpaired) electrons. The zero-order valence-corrected chi connectivity index (χ0v) is 10.5. The molecule has 6 heteroatoms. The van der Waals surface area contributed by atoms with Crippen LogP contribution in [0.4, 0.5) is 0 Å². The quantitative estimate of drug-likeness (QED) is 0.655. The summed E-state index contributed by atoms with van der Waals surface area (Å²) in [5.41, 5.74) is 2.13. The van der Waals surface area contributed by atoms with Crippen LogP contribution < -0.4 is 0 Å². The Labute approximate surface area is 104 Å². The van der Waals surface area contributed by atoms with Crippen molar-refractivity contribution in [2.45, 2.75) is 20.3 Å². The van der Waals surface area contributed by atoms with E-state index in [0.717, 1.165) is 6.29 Å². The molecule has 2 heterocycles. The maximum atomic E-state index is 11.8. The van der Waals surface area contributed by atoms with E-state index in [1.165, 1.54) is 0 Å². The molecule has 0 saturated carbocycles. The van der Waals surface area contributed by atoms with Crippen LogP contribution in [-0.2, 0) is 7.05 Å². The molecule has 1 N–H and O–H groups in total. The minimum atomic E-state index is -0.0241. The lowest BCUT2D eigenvalue weighted by Gasteiger charge is -1.98. The number of aldehydes is 1. The van der Waals surface area contributed by atoms with Gasteiger partial charge in [0.05, 0.1) is 11.4 Å². The number of nitrogens with one attached hydrogen (secondary N) is 1. The molecule has 0 unspecified atom stereocenters. The van der Waals surface area contributed by atoms with E-state index in [2.05, 4.69) is 15.2 Å². The molecule has 0 spiro atoms. The summed E-state index contributed by atoms with van der Waals surface area (Å²) in [6, 6.07) is 0. The molecule has 18 heavy (non-hydrogen) atoms. The Bertz CT molecular complexity index is 610. The molecule has 0 atom stereocenters. The number of carbonyl (C=O) groups is 2. The number of nitrogens with zero attached hydrogens (tertiary/aromatic N) is 3. The summed E-state index contributed by atoms with van der Waals surface area (Å²) in [5.74, 6) is 0.513. The van der Waals surface area contributed by atoms with Crippen molar-refractivity contribution in [3.63, 3.8) is 0 Å². The van der Waals surface area contributed by atoms with Crippen molar-refractivity contribution in [3.05, 3.63) is 23.1 Å². The van der Waals surface area contributed by atoms with Gasteiger partial charge in [-0.3, -0.25) is 9.59 Å². The lowest BCUT2D eigenvalue weighted by molar-refractivity contribution is 0.0983. The van der Waals surface area contributed by atoms with Gasteiger partial charge in [-0.1, -0.05) is 6.92 Å². The van der Waals surface area contributed by atoms with E-state index in [1.807, 2.05) is 0 Å². The third-order valence-corrected chi connectivity index (χ3v) is 2.95. The van der Waals surface area contributed by atoms with Crippen LogP contribution in [0.3, 0.4) is 0 Å². The zero-order valence-electron chi connectivity index (χ0n) is 10.5. The van der Waals surface area contributed by atoms with Crippen molar-refractivity contribution < 1.29 is 9.59 Å². The van der Waals surface area contributed by atoms with Crippen LogP contribution in [0.25, 0.3) is 11.5 Å². The first-order chi connectivity index (χ1) is 8.60. The van der Waals surface area contributed by atoms with Crippen molar-refractivity contribution in [1.82, 2.24) is 19.7 Å². The molecule has 0 fully saturated rings. The number of hydrogen-bond acceptors (Lipinski definition) is 4. The Morgan fingerprint density at radius 3 is 2.78 bits per heavy atom. The highest BCUT2D eigenvalue weighted by Crippen LogP contribution is 2.25. The second kappa shape index (κ2) is 4.56. The van der Waals surface area contributed by atoms with Gasteiger partial charge in [0.2, 0.25) is 0 Å². The second-order valence-electron chi connectivity index (χ2n) is 4.07.